The quantitative estimate of drug-likeness (QED) is 0.702. The molecule has 23 heavy (non-hydrogen) atoms. The molecule has 114 valence electrons. The molecule has 0 amide bonds. The van der Waals surface area contributed by atoms with E-state index in [9.17, 15) is 5.26 Å². The minimum Gasteiger partial charge on any atom is -0.291 e. The van der Waals surface area contributed by atoms with E-state index in [1.165, 1.54) is 0 Å². The molecule has 0 aliphatic carbocycles. The number of halogens is 1. The number of pyridine rings is 1. The van der Waals surface area contributed by atoms with Crippen molar-refractivity contribution in [2.24, 2.45) is 0 Å². The molecule has 0 unspecified atom stereocenters. The Morgan fingerprint density at radius 2 is 1.78 bits per heavy atom. The van der Waals surface area contributed by atoms with Gasteiger partial charge in [0.05, 0.1) is 11.6 Å². The van der Waals surface area contributed by atoms with Crippen LogP contribution in [-0.2, 0) is 0 Å². The molecule has 2 atom stereocenters. The molecule has 0 radical (unpaired) electrons. The van der Waals surface area contributed by atoms with Gasteiger partial charge in [-0.05, 0) is 24.6 Å². The SMILES string of the molecule is C[C@H](N[C@H](C#N)c1cc2ccccc2nc1Cl)c1ccccc1. The third kappa shape index (κ3) is 3.34. The first-order valence-corrected chi connectivity index (χ1v) is 7.82. The van der Waals surface area contributed by atoms with E-state index >= 15 is 0 Å². The predicted octanol–water partition coefficient (Wildman–Crippen LogP) is 4.80. The topological polar surface area (TPSA) is 48.7 Å². The van der Waals surface area contributed by atoms with E-state index in [2.05, 4.69) is 16.4 Å². The Bertz CT molecular complexity index is 855. The zero-order valence-corrected chi connectivity index (χ0v) is 13.5. The van der Waals surface area contributed by atoms with Gasteiger partial charge in [0.15, 0.2) is 0 Å². The Morgan fingerprint density at radius 3 is 2.52 bits per heavy atom. The second-order valence-corrected chi connectivity index (χ2v) is 5.78. The fraction of sp³-hybridized carbons (Fsp3) is 0.158. The van der Waals surface area contributed by atoms with Gasteiger partial charge in [-0.2, -0.15) is 5.26 Å². The highest BCUT2D eigenvalue weighted by Crippen LogP contribution is 2.27. The summed E-state index contributed by atoms with van der Waals surface area (Å²) in [6.07, 6.45) is 0. The van der Waals surface area contributed by atoms with Gasteiger partial charge in [-0.1, -0.05) is 60.1 Å². The lowest BCUT2D eigenvalue weighted by molar-refractivity contribution is 0.533. The van der Waals surface area contributed by atoms with E-state index in [4.69, 9.17) is 11.6 Å². The van der Waals surface area contributed by atoms with Crippen molar-refractivity contribution < 1.29 is 0 Å². The number of benzene rings is 2. The largest absolute Gasteiger partial charge is 0.291 e. The summed E-state index contributed by atoms with van der Waals surface area (Å²) in [5, 5.41) is 14.2. The Morgan fingerprint density at radius 1 is 1.09 bits per heavy atom. The average Bonchev–Trinajstić information content (AvgIpc) is 2.60. The first-order chi connectivity index (χ1) is 11.2. The lowest BCUT2D eigenvalue weighted by atomic mass is 10.0. The zero-order valence-electron chi connectivity index (χ0n) is 12.7. The molecule has 1 N–H and O–H groups in total. The molecule has 3 nitrogen and oxygen atoms in total. The van der Waals surface area contributed by atoms with E-state index in [-0.39, 0.29) is 6.04 Å². The Labute approximate surface area is 140 Å². The smallest absolute Gasteiger partial charge is 0.135 e. The minimum atomic E-state index is -0.519. The highest BCUT2D eigenvalue weighted by Gasteiger charge is 2.19. The van der Waals surface area contributed by atoms with Crippen LogP contribution in [0.15, 0.2) is 60.7 Å². The van der Waals surface area contributed by atoms with Crippen LogP contribution in [0, 0.1) is 11.3 Å². The van der Waals surface area contributed by atoms with Crippen LogP contribution in [0.2, 0.25) is 5.15 Å². The van der Waals surface area contributed by atoms with Crippen molar-refractivity contribution in [1.29, 1.82) is 5.26 Å². The van der Waals surface area contributed by atoms with E-state index in [0.717, 1.165) is 16.5 Å². The molecule has 0 saturated carbocycles. The Balaban J connectivity index is 1.92. The van der Waals surface area contributed by atoms with Crippen molar-refractivity contribution >= 4 is 22.5 Å². The van der Waals surface area contributed by atoms with Gasteiger partial charge < -0.3 is 0 Å². The monoisotopic (exact) mass is 321 g/mol. The molecule has 0 aliphatic rings. The van der Waals surface area contributed by atoms with Crippen LogP contribution >= 0.6 is 11.6 Å². The average molecular weight is 322 g/mol. The van der Waals surface area contributed by atoms with Crippen molar-refractivity contribution in [3.63, 3.8) is 0 Å². The first-order valence-electron chi connectivity index (χ1n) is 7.45. The van der Waals surface area contributed by atoms with Crippen LogP contribution in [0.25, 0.3) is 10.9 Å². The zero-order chi connectivity index (χ0) is 16.2. The number of fused-ring (bicyclic) bond motifs is 1. The Hall–Kier alpha value is -2.41. The van der Waals surface area contributed by atoms with Gasteiger partial charge in [-0.3, -0.25) is 5.32 Å². The number of aromatic nitrogens is 1. The molecule has 0 fully saturated rings. The maximum Gasteiger partial charge on any atom is 0.135 e. The van der Waals surface area contributed by atoms with Gasteiger partial charge in [0.2, 0.25) is 0 Å². The van der Waals surface area contributed by atoms with Crippen molar-refractivity contribution in [3.05, 3.63) is 76.9 Å². The summed E-state index contributed by atoms with van der Waals surface area (Å²) in [6.45, 7) is 2.03. The molecule has 0 saturated heterocycles. The summed E-state index contributed by atoms with van der Waals surface area (Å²) in [5.41, 5.74) is 2.65. The van der Waals surface area contributed by atoms with E-state index in [1.807, 2.05) is 67.6 Å². The summed E-state index contributed by atoms with van der Waals surface area (Å²) >= 11 is 6.30. The number of para-hydroxylation sites is 1. The third-order valence-electron chi connectivity index (χ3n) is 3.86. The number of nitrogens with one attached hydrogen (secondary N) is 1. The molecule has 1 aromatic heterocycles. The van der Waals surface area contributed by atoms with Gasteiger partial charge in [-0.15, -0.1) is 0 Å². The number of nitrogens with zero attached hydrogens (tertiary/aromatic N) is 2. The van der Waals surface area contributed by atoms with Crippen LogP contribution < -0.4 is 5.32 Å². The van der Waals surface area contributed by atoms with Crippen molar-refractivity contribution in [1.82, 2.24) is 10.3 Å². The third-order valence-corrected chi connectivity index (χ3v) is 4.16. The number of hydrogen-bond donors (Lipinski definition) is 1. The van der Waals surface area contributed by atoms with Crippen LogP contribution in [0.1, 0.15) is 30.1 Å². The van der Waals surface area contributed by atoms with Crippen LogP contribution in [0.4, 0.5) is 0 Å². The predicted molar refractivity (Wildman–Crippen MR) is 93.1 cm³/mol. The molecule has 0 aliphatic heterocycles. The second kappa shape index (κ2) is 6.78. The van der Waals surface area contributed by atoms with E-state index in [1.54, 1.807) is 0 Å². The summed E-state index contributed by atoms with van der Waals surface area (Å²) < 4.78 is 0. The van der Waals surface area contributed by atoms with Gasteiger partial charge >= 0.3 is 0 Å². The van der Waals surface area contributed by atoms with Gasteiger partial charge in [0, 0.05) is 17.0 Å². The van der Waals surface area contributed by atoms with Crippen LogP contribution in [0.3, 0.4) is 0 Å². The molecular formula is C19H16ClN3. The molecule has 4 heteroatoms. The fourth-order valence-corrected chi connectivity index (χ4v) is 2.85. The normalized spacial score (nSPS) is 13.4. The van der Waals surface area contributed by atoms with Crippen molar-refractivity contribution in [3.8, 4) is 6.07 Å². The maximum absolute atomic E-state index is 9.57. The van der Waals surface area contributed by atoms with E-state index in [0.29, 0.717) is 10.7 Å². The Kier molecular flexibility index (Phi) is 4.57. The summed E-state index contributed by atoms with van der Waals surface area (Å²) in [7, 11) is 0. The number of nitriles is 1. The fourth-order valence-electron chi connectivity index (χ4n) is 2.60. The maximum atomic E-state index is 9.57. The van der Waals surface area contributed by atoms with Crippen LogP contribution in [0.5, 0.6) is 0 Å². The molecule has 0 spiro atoms. The van der Waals surface area contributed by atoms with Crippen LogP contribution in [-0.4, -0.2) is 4.98 Å². The summed E-state index contributed by atoms with van der Waals surface area (Å²) in [6, 6.07) is 21.5. The lowest BCUT2D eigenvalue weighted by Crippen LogP contribution is -2.24. The molecule has 0 bridgehead atoms. The minimum absolute atomic E-state index is 0.0309. The number of hydrogen-bond acceptors (Lipinski definition) is 3. The molecule has 3 rings (SSSR count). The highest BCUT2D eigenvalue weighted by atomic mass is 35.5. The van der Waals surface area contributed by atoms with Crippen molar-refractivity contribution in [2.45, 2.75) is 19.0 Å². The molecule has 3 aromatic rings. The standard InChI is InChI=1S/C19H16ClN3/c1-13(14-7-3-2-4-8-14)22-18(12-21)16-11-15-9-5-6-10-17(15)23-19(16)20/h2-11,13,18,22H,1H3/t13-,18+/m0/s1. The molecular weight excluding hydrogens is 306 g/mol. The lowest BCUT2D eigenvalue weighted by Gasteiger charge is -2.19. The van der Waals surface area contributed by atoms with E-state index < -0.39 is 6.04 Å². The summed E-state index contributed by atoms with van der Waals surface area (Å²) in [4.78, 5) is 4.40. The van der Waals surface area contributed by atoms with Gasteiger partial charge in [-0.25, -0.2) is 4.98 Å². The number of rotatable bonds is 4. The molecule has 1 heterocycles. The van der Waals surface area contributed by atoms with Gasteiger partial charge in [0.1, 0.15) is 11.2 Å². The van der Waals surface area contributed by atoms with Gasteiger partial charge in [0.25, 0.3) is 0 Å². The molecule has 2 aromatic carbocycles. The second-order valence-electron chi connectivity index (χ2n) is 5.42. The first kappa shape index (κ1) is 15.5. The summed E-state index contributed by atoms with van der Waals surface area (Å²) in [5.74, 6) is 0. The van der Waals surface area contributed by atoms with Crippen molar-refractivity contribution in [2.75, 3.05) is 0 Å². The highest BCUT2D eigenvalue weighted by molar-refractivity contribution is 6.30.